The Morgan fingerprint density at radius 1 is 1.36 bits per heavy atom. The van der Waals surface area contributed by atoms with E-state index in [9.17, 15) is 4.79 Å². The standard InChI is InChI=1S/C17H19BrN2O2/c1-12-7-8-16(15(18)10-12)22-13(2)17(21)20(3)11-14-6-4-5-9-19-14/h4-10,13H,11H2,1-3H3. The first-order valence-corrected chi connectivity index (χ1v) is 7.84. The maximum atomic E-state index is 12.4. The maximum Gasteiger partial charge on any atom is 0.263 e. The van der Waals surface area contributed by atoms with Gasteiger partial charge >= 0.3 is 0 Å². The molecule has 0 aliphatic rings. The molecular weight excluding hydrogens is 344 g/mol. The van der Waals surface area contributed by atoms with E-state index in [0.29, 0.717) is 12.3 Å². The Balaban J connectivity index is 1.99. The quantitative estimate of drug-likeness (QED) is 0.816. The molecule has 1 heterocycles. The second kappa shape index (κ2) is 7.40. The zero-order chi connectivity index (χ0) is 16.1. The van der Waals surface area contributed by atoms with E-state index in [-0.39, 0.29) is 5.91 Å². The van der Waals surface area contributed by atoms with Gasteiger partial charge in [-0.1, -0.05) is 12.1 Å². The molecule has 0 aliphatic heterocycles. The van der Waals surface area contributed by atoms with Crippen molar-refractivity contribution < 1.29 is 9.53 Å². The first-order chi connectivity index (χ1) is 10.5. The van der Waals surface area contributed by atoms with Gasteiger partial charge in [0.2, 0.25) is 0 Å². The van der Waals surface area contributed by atoms with E-state index in [2.05, 4.69) is 20.9 Å². The van der Waals surface area contributed by atoms with Crippen LogP contribution in [0.2, 0.25) is 0 Å². The number of hydrogen-bond acceptors (Lipinski definition) is 3. The predicted molar refractivity (Wildman–Crippen MR) is 89.7 cm³/mol. The summed E-state index contributed by atoms with van der Waals surface area (Å²) in [5.74, 6) is 0.579. The molecule has 0 bridgehead atoms. The minimum Gasteiger partial charge on any atom is -0.480 e. The second-order valence-electron chi connectivity index (χ2n) is 5.21. The Labute approximate surface area is 139 Å². The normalized spacial score (nSPS) is 11.8. The fraction of sp³-hybridized carbons (Fsp3) is 0.294. The molecule has 1 aromatic carbocycles. The molecule has 1 aromatic heterocycles. The third kappa shape index (κ3) is 4.31. The van der Waals surface area contributed by atoms with Crippen molar-refractivity contribution in [2.24, 2.45) is 0 Å². The van der Waals surface area contributed by atoms with Crippen LogP contribution in [0, 0.1) is 6.92 Å². The lowest BCUT2D eigenvalue weighted by molar-refractivity contribution is -0.137. The number of ether oxygens (including phenoxy) is 1. The lowest BCUT2D eigenvalue weighted by Gasteiger charge is -2.22. The number of pyridine rings is 1. The SMILES string of the molecule is Cc1ccc(OC(C)C(=O)N(C)Cc2ccccn2)c(Br)c1. The first-order valence-electron chi connectivity index (χ1n) is 7.05. The molecule has 4 nitrogen and oxygen atoms in total. The van der Waals surface area contributed by atoms with Crippen molar-refractivity contribution in [2.45, 2.75) is 26.5 Å². The van der Waals surface area contributed by atoms with Crippen LogP contribution < -0.4 is 4.74 Å². The summed E-state index contributed by atoms with van der Waals surface area (Å²) in [6.45, 7) is 4.22. The number of benzene rings is 1. The molecule has 1 unspecified atom stereocenters. The van der Waals surface area contributed by atoms with Crippen molar-refractivity contribution in [1.82, 2.24) is 9.88 Å². The summed E-state index contributed by atoms with van der Waals surface area (Å²) in [7, 11) is 1.75. The Kier molecular flexibility index (Phi) is 5.55. The summed E-state index contributed by atoms with van der Waals surface area (Å²) in [6, 6.07) is 11.4. The number of amides is 1. The van der Waals surface area contributed by atoms with Crippen LogP contribution in [-0.4, -0.2) is 28.9 Å². The Morgan fingerprint density at radius 3 is 2.77 bits per heavy atom. The van der Waals surface area contributed by atoms with Crippen LogP contribution in [0.15, 0.2) is 47.1 Å². The number of aromatic nitrogens is 1. The maximum absolute atomic E-state index is 12.4. The predicted octanol–water partition coefficient (Wildman–Crippen LogP) is 3.58. The topological polar surface area (TPSA) is 42.4 Å². The fourth-order valence-corrected chi connectivity index (χ4v) is 2.65. The summed E-state index contributed by atoms with van der Waals surface area (Å²) in [5, 5.41) is 0. The van der Waals surface area contributed by atoms with Crippen molar-refractivity contribution in [3.63, 3.8) is 0 Å². The van der Waals surface area contributed by atoms with E-state index in [0.717, 1.165) is 15.7 Å². The molecule has 0 saturated carbocycles. The van der Waals surface area contributed by atoms with Crippen molar-refractivity contribution >= 4 is 21.8 Å². The number of likely N-dealkylation sites (N-methyl/N-ethyl adjacent to an activating group) is 1. The highest BCUT2D eigenvalue weighted by Gasteiger charge is 2.20. The van der Waals surface area contributed by atoms with E-state index in [1.54, 1.807) is 25.1 Å². The van der Waals surface area contributed by atoms with Gasteiger partial charge in [-0.05, 0) is 59.6 Å². The summed E-state index contributed by atoms with van der Waals surface area (Å²) in [6.07, 6.45) is 1.16. The minimum absolute atomic E-state index is 0.0851. The van der Waals surface area contributed by atoms with E-state index in [4.69, 9.17) is 4.74 Å². The first kappa shape index (κ1) is 16.5. The molecule has 0 fully saturated rings. The molecular formula is C17H19BrN2O2. The van der Waals surface area contributed by atoms with Crippen molar-refractivity contribution in [3.8, 4) is 5.75 Å². The third-order valence-electron chi connectivity index (χ3n) is 3.24. The highest BCUT2D eigenvalue weighted by molar-refractivity contribution is 9.10. The number of halogens is 1. The molecule has 0 radical (unpaired) electrons. The molecule has 2 rings (SSSR count). The van der Waals surface area contributed by atoms with Gasteiger partial charge in [-0.3, -0.25) is 9.78 Å². The van der Waals surface area contributed by atoms with Gasteiger partial charge < -0.3 is 9.64 Å². The zero-order valence-electron chi connectivity index (χ0n) is 12.9. The number of aryl methyl sites for hydroxylation is 1. The van der Waals surface area contributed by atoms with Crippen LogP contribution in [-0.2, 0) is 11.3 Å². The molecule has 1 amide bonds. The van der Waals surface area contributed by atoms with Crippen molar-refractivity contribution in [2.75, 3.05) is 7.05 Å². The summed E-state index contributed by atoms with van der Waals surface area (Å²) in [4.78, 5) is 18.2. The zero-order valence-corrected chi connectivity index (χ0v) is 14.5. The van der Waals surface area contributed by atoms with Crippen LogP contribution in [0.1, 0.15) is 18.2 Å². The summed E-state index contributed by atoms with van der Waals surface area (Å²) < 4.78 is 6.61. The fourth-order valence-electron chi connectivity index (χ4n) is 2.07. The highest BCUT2D eigenvalue weighted by Crippen LogP contribution is 2.26. The van der Waals surface area contributed by atoms with Crippen LogP contribution >= 0.6 is 15.9 Å². The largest absolute Gasteiger partial charge is 0.480 e. The Morgan fingerprint density at radius 2 is 2.14 bits per heavy atom. The second-order valence-corrected chi connectivity index (χ2v) is 6.06. The molecule has 22 heavy (non-hydrogen) atoms. The van der Waals surface area contributed by atoms with E-state index in [1.165, 1.54) is 0 Å². The van der Waals surface area contributed by atoms with Crippen LogP contribution in [0.25, 0.3) is 0 Å². The van der Waals surface area contributed by atoms with Crippen LogP contribution in [0.4, 0.5) is 0 Å². The van der Waals surface area contributed by atoms with Crippen LogP contribution in [0.3, 0.4) is 0 Å². The van der Waals surface area contributed by atoms with Gasteiger partial charge in [-0.15, -0.1) is 0 Å². The number of carbonyl (C=O) groups is 1. The van der Waals surface area contributed by atoms with Gasteiger partial charge in [0.25, 0.3) is 5.91 Å². The molecule has 116 valence electrons. The van der Waals surface area contributed by atoms with Gasteiger partial charge in [0.15, 0.2) is 6.10 Å². The van der Waals surface area contributed by atoms with Gasteiger partial charge in [0.05, 0.1) is 16.7 Å². The Bertz CT molecular complexity index is 646. The van der Waals surface area contributed by atoms with Crippen molar-refractivity contribution in [1.29, 1.82) is 0 Å². The van der Waals surface area contributed by atoms with Crippen molar-refractivity contribution in [3.05, 3.63) is 58.3 Å². The summed E-state index contributed by atoms with van der Waals surface area (Å²) >= 11 is 3.46. The van der Waals surface area contributed by atoms with E-state index in [1.807, 2.05) is 43.3 Å². The molecule has 0 saturated heterocycles. The van der Waals surface area contributed by atoms with Gasteiger partial charge in [-0.2, -0.15) is 0 Å². The number of rotatable bonds is 5. The molecule has 0 aliphatic carbocycles. The average molecular weight is 363 g/mol. The highest BCUT2D eigenvalue weighted by atomic mass is 79.9. The van der Waals surface area contributed by atoms with E-state index < -0.39 is 6.10 Å². The smallest absolute Gasteiger partial charge is 0.263 e. The van der Waals surface area contributed by atoms with Crippen LogP contribution in [0.5, 0.6) is 5.75 Å². The molecule has 0 N–H and O–H groups in total. The molecule has 0 spiro atoms. The number of hydrogen-bond donors (Lipinski definition) is 0. The lowest BCUT2D eigenvalue weighted by Crippen LogP contribution is -2.37. The van der Waals surface area contributed by atoms with Gasteiger partial charge in [0.1, 0.15) is 5.75 Å². The average Bonchev–Trinajstić information content (AvgIpc) is 2.50. The minimum atomic E-state index is -0.562. The molecule has 1 atom stereocenters. The monoisotopic (exact) mass is 362 g/mol. The van der Waals surface area contributed by atoms with E-state index >= 15 is 0 Å². The van der Waals surface area contributed by atoms with Gasteiger partial charge in [-0.25, -0.2) is 0 Å². The Hall–Kier alpha value is -1.88. The van der Waals surface area contributed by atoms with Gasteiger partial charge in [0, 0.05) is 13.2 Å². The lowest BCUT2D eigenvalue weighted by atomic mass is 10.2. The molecule has 5 heteroatoms. The number of nitrogens with zero attached hydrogens (tertiary/aromatic N) is 2. The summed E-state index contributed by atoms with van der Waals surface area (Å²) in [5.41, 5.74) is 1.98. The number of carbonyl (C=O) groups excluding carboxylic acids is 1. The molecule has 2 aromatic rings. The third-order valence-corrected chi connectivity index (χ3v) is 3.86.